The quantitative estimate of drug-likeness (QED) is 0.193. The summed E-state index contributed by atoms with van der Waals surface area (Å²) in [5, 5.41) is 4.30. The number of benzene rings is 6. The molecule has 0 saturated carbocycles. The van der Waals surface area contributed by atoms with Crippen LogP contribution < -0.4 is 0 Å². The van der Waals surface area contributed by atoms with Crippen molar-refractivity contribution in [1.29, 1.82) is 0 Å². The number of fused-ring (bicyclic) bond motifs is 4. The van der Waals surface area contributed by atoms with Crippen LogP contribution in [-0.4, -0.2) is 15.0 Å². The summed E-state index contributed by atoms with van der Waals surface area (Å²) in [4.78, 5) is 15.6. The molecular weight excluding hydrogens is 587 g/mol. The van der Waals surface area contributed by atoms with E-state index in [0.29, 0.717) is 23.4 Å². The van der Waals surface area contributed by atoms with Gasteiger partial charge in [0.1, 0.15) is 11.2 Å². The smallest absolute Gasteiger partial charge is 0.164 e. The van der Waals surface area contributed by atoms with Crippen LogP contribution in [0.5, 0.6) is 0 Å². The highest BCUT2D eigenvalue weighted by Crippen LogP contribution is 2.42. The van der Waals surface area contributed by atoms with Crippen LogP contribution >= 0.6 is 0 Å². The number of furan rings is 1. The van der Waals surface area contributed by atoms with Crippen LogP contribution in [0.3, 0.4) is 0 Å². The van der Waals surface area contributed by atoms with E-state index in [-0.39, 0.29) is 0 Å². The van der Waals surface area contributed by atoms with Gasteiger partial charge in [0.15, 0.2) is 17.5 Å². The van der Waals surface area contributed by atoms with E-state index in [1.54, 1.807) is 0 Å². The van der Waals surface area contributed by atoms with Crippen LogP contribution in [0.1, 0.15) is 19.2 Å². The molecule has 2 heterocycles. The number of para-hydroxylation sites is 1. The van der Waals surface area contributed by atoms with Crippen LogP contribution in [0, 0.1) is 5.92 Å². The lowest BCUT2D eigenvalue weighted by Crippen LogP contribution is -2.08. The summed E-state index contributed by atoms with van der Waals surface area (Å²) < 4.78 is 6.66. The molecule has 0 amide bonds. The first-order valence-electron chi connectivity index (χ1n) is 16.4. The first-order valence-corrected chi connectivity index (χ1v) is 16.4. The second-order valence-electron chi connectivity index (χ2n) is 12.4. The summed E-state index contributed by atoms with van der Waals surface area (Å²) in [7, 11) is 0. The summed E-state index contributed by atoms with van der Waals surface area (Å²) in [6, 6.07) is 46.4. The Bertz CT molecular complexity index is 2540. The monoisotopic (exact) mass is 617 g/mol. The highest BCUT2D eigenvalue weighted by Gasteiger charge is 2.23. The third kappa shape index (κ3) is 4.81. The Kier molecular flexibility index (Phi) is 6.79. The largest absolute Gasteiger partial charge is 0.455 e. The highest BCUT2D eigenvalue weighted by molar-refractivity contribution is 6.15. The van der Waals surface area contributed by atoms with Crippen molar-refractivity contribution in [2.45, 2.75) is 13.3 Å². The molecule has 4 heteroatoms. The molecule has 1 unspecified atom stereocenters. The lowest BCUT2D eigenvalue weighted by Gasteiger charge is -2.18. The van der Waals surface area contributed by atoms with E-state index >= 15 is 0 Å². The fraction of sp³-hybridized carbons (Fsp3) is 0.0682. The van der Waals surface area contributed by atoms with Crippen molar-refractivity contribution in [2.24, 2.45) is 5.92 Å². The normalized spacial score (nSPS) is 14.5. The Morgan fingerprint density at radius 1 is 0.542 bits per heavy atom. The van der Waals surface area contributed by atoms with E-state index in [9.17, 15) is 0 Å². The van der Waals surface area contributed by atoms with Crippen molar-refractivity contribution in [2.75, 3.05) is 0 Å². The first kappa shape index (κ1) is 28.1. The minimum atomic E-state index is 0.293. The molecule has 0 radical (unpaired) electrons. The molecule has 6 aromatic carbocycles. The maximum atomic E-state index is 6.66. The summed E-state index contributed by atoms with van der Waals surface area (Å²) in [5.41, 5.74) is 9.17. The van der Waals surface area contributed by atoms with Crippen molar-refractivity contribution >= 4 is 38.3 Å². The number of rotatable bonds is 5. The van der Waals surface area contributed by atoms with Gasteiger partial charge in [0.05, 0.1) is 0 Å². The van der Waals surface area contributed by atoms with Crippen LogP contribution in [0.25, 0.3) is 83.3 Å². The van der Waals surface area contributed by atoms with Crippen molar-refractivity contribution < 1.29 is 4.42 Å². The van der Waals surface area contributed by atoms with Gasteiger partial charge >= 0.3 is 0 Å². The third-order valence-electron chi connectivity index (χ3n) is 9.43. The maximum absolute atomic E-state index is 6.66. The van der Waals surface area contributed by atoms with Gasteiger partial charge in [-0.2, -0.15) is 0 Å². The summed E-state index contributed by atoms with van der Waals surface area (Å²) in [6.07, 6.45) is 7.40. The average molecular weight is 618 g/mol. The van der Waals surface area contributed by atoms with Gasteiger partial charge in [0, 0.05) is 33.0 Å². The van der Waals surface area contributed by atoms with Crippen LogP contribution in [0.4, 0.5) is 0 Å². The topological polar surface area (TPSA) is 51.8 Å². The molecule has 4 nitrogen and oxygen atoms in total. The summed E-state index contributed by atoms with van der Waals surface area (Å²) in [6.45, 7) is 2.23. The van der Waals surface area contributed by atoms with Crippen LogP contribution in [-0.2, 0) is 0 Å². The Morgan fingerprint density at radius 3 is 2.02 bits per heavy atom. The van der Waals surface area contributed by atoms with Gasteiger partial charge < -0.3 is 4.42 Å². The number of hydrogen-bond acceptors (Lipinski definition) is 4. The lowest BCUT2D eigenvalue weighted by molar-refractivity contribution is 0.670. The molecule has 1 atom stereocenters. The van der Waals surface area contributed by atoms with E-state index in [1.807, 2.05) is 18.2 Å². The molecule has 9 rings (SSSR count). The Balaban J connectivity index is 1.27. The molecule has 1 aliphatic carbocycles. The molecular formula is C44H31N3O. The highest BCUT2D eigenvalue weighted by atomic mass is 16.3. The van der Waals surface area contributed by atoms with Gasteiger partial charge in [-0.05, 0) is 58.0 Å². The molecule has 2 aromatic heterocycles. The zero-order valence-corrected chi connectivity index (χ0v) is 26.5. The second-order valence-corrected chi connectivity index (χ2v) is 12.4. The van der Waals surface area contributed by atoms with Gasteiger partial charge in [-0.25, -0.2) is 15.0 Å². The Labute approximate surface area is 278 Å². The molecule has 1 aliphatic rings. The number of aromatic nitrogens is 3. The Hall–Kier alpha value is -6.13. The van der Waals surface area contributed by atoms with Crippen molar-refractivity contribution in [1.82, 2.24) is 15.0 Å². The van der Waals surface area contributed by atoms with Crippen LogP contribution in [0.15, 0.2) is 156 Å². The maximum Gasteiger partial charge on any atom is 0.164 e. The lowest BCUT2D eigenvalue weighted by atomic mass is 9.92. The molecule has 228 valence electrons. The zero-order valence-electron chi connectivity index (χ0n) is 26.5. The average Bonchev–Trinajstić information content (AvgIpc) is 3.54. The first-order chi connectivity index (χ1) is 23.7. The van der Waals surface area contributed by atoms with Crippen molar-refractivity contribution in [3.8, 4) is 45.0 Å². The summed E-state index contributed by atoms with van der Waals surface area (Å²) >= 11 is 0. The zero-order chi connectivity index (χ0) is 32.0. The van der Waals surface area contributed by atoms with Crippen molar-refractivity contribution in [3.05, 3.63) is 158 Å². The van der Waals surface area contributed by atoms with Gasteiger partial charge in [0.2, 0.25) is 0 Å². The van der Waals surface area contributed by atoms with Crippen molar-refractivity contribution in [3.63, 3.8) is 0 Å². The Morgan fingerprint density at radius 2 is 1.19 bits per heavy atom. The van der Waals surface area contributed by atoms with E-state index in [4.69, 9.17) is 19.4 Å². The SMILES string of the molecule is CC1CC=CC=C1c1nc(-c2cccc3ccccc23)nc(-c2ccc(-c3ccc(-c4ccccc4)cc3)c3oc4ccccc4c23)n1. The number of allylic oxidation sites excluding steroid dienone is 4. The molecule has 0 fully saturated rings. The summed E-state index contributed by atoms with van der Waals surface area (Å²) in [5.74, 6) is 2.30. The van der Waals surface area contributed by atoms with Crippen LogP contribution in [0.2, 0.25) is 0 Å². The minimum absolute atomic E-state index is 0.293. The minimum Gasteiger partial charge on any atom is -0.455 e. The molecule has 48 heavy (non-hydrogen) atoms. The van der Waals surface area contributed by atoms with E-state index in [1.165, 1.54) is 11.1 Å². The molecule has 8 aromatic rings. The van der Waals surface area contributed by atoms with Gasteiger partial charge in [0.25, 0.3) is 0 Å². The molecule has 0 saturated heterocycles. The fourth-order valence-electron chi connectivity index (χ4n) is 6.92. The molecule has 0 aliphatic heterocycles. The number of hydrogen-bond donors (Lipinski definition) is 0. The second kappa shape index (κ2) is 11.6. The molecule has 0 N–H and O–H groups in total. The van der Waals surface area contributed by atoms with E-state index < -0.39 is 0 Å². The fourth-order valence-corrected chi connectivity index (χ4v) is 6.92. The molecule has 0 spiro atoms. The molecule has 0 bridgehead atoms. The van der Waals surface area contributed by atoms with Gasteiger partial charge in [-0.1, -0.05) is 140 Å². The number of nitrogens with zero attached hydrogens (tertiary/aromatic N) is 3. The predicted molar refractivity (Wildman–Crippen MR) is 197 cm³/mol. The van der Waals surface area contributed by atoms with Gasteiger partial charge in [-0.15, -0.1) is 0 Å². The van der Waals surface area contributed by atoms with E-state index in [2.05, 4.69) is 140 Å². The van der Waals surface area contributed by atoms with E-state index in [0.717, 1.165) is 67.0 Å². The standard InChI is InChI=1S/C44H31N3O/c1-28-12-5-7-17-33(28)42-45-43(36-20-11-16-31-15-6-8-18-34(31)36)47-44(46-42)38-27-26-35(41-40(38)37-19-9-10-21-39(37)48-41)32-24-22-30(23-25-32)29-13-3-2-4-14-29/h2-11,13-28H,12H2,1H3. The predicted octanol–water partition coefficient (Wildman–Crippen LogP) is 11.6. The third-order valence-corrected chi connectivity index (χ3v) is 9.43. The van der Waals surface area contributed by atoms with Gasteiger partial charge in [-0.3, -0.25) is 0 Å².